The van der Waals surface area contributed by atoms with Gasteiger partial charge in [-0.3, -0.25) is 0 Å². The van der Waals surface area contributed by atoms with Crippen LogP contribution >= 0.6 is 0 Å². The van der Waals surface area contributed by atoms with E-state index in [9.17, 15) is 0 Å². The molecule has 100 valence electrons. The zero-order chi connectivity index (χ0) is 12.3. The third kappa shape index (κ3) is 3.47. The molecule has 4 unspecified atom stereocenters. The molecule has 0 spiro atoms. The average Bonchev–Trinajstić information content (AvgIpc) is 2.52. The molecule has 0 aliphatic heterocycles. The average molecular weight is 237 g/mol. The fraction of sp³-hybridized carbons (Fsp3) is 1.00. The van der Waals surface area contributed by atoms with E-state index in [4.69, 9.17) is 0 Å². The zero-order valence-electron chi connectivity index (χ0n) is 12.0. The van der Waals surface area contributed by atoms with Crippen LogP contribution in [0.2, 0.25) is 0 Å². The van der Waals surface area contributed by atoms with Crippen LogP contribution in [-0.2, 0) is 0 Å². The van der Waals surface area contributed by atoms with Crippen molar-refractivity contribution in [1.82, 2.24) is 5.32 Å². The Morgan fingerprint density at radius 3 is 2.12 bits per heavy atom. The molecule has 1 N–H and O–H groups in total. The molecule has 2 rings (SSSR count). The Morgan fingerprint density at radius 2 is 1.47 bits per heavy atom. The van der Waals surface area contributed by atoms with Gasteiger partial charge in [-0.15, -0.1) is 0 Å². The highest BCUT2D eigenvalue weighted by molar-refractivity contribution is 4.87. The molecule has 0 aromatic carbocycles. The minimum absolute atomic E-state index is 0.806. The molecule has 17 heavy (non-hydrogen) atoms. The van der Waals surface area contributed by atoms with E-state index in [-0.39, 0.29) is 0 Å². The molecule has 4 atom stereocenters. The van der Waals surface area contributed by atoms with Crippen molar-refractivity contribution in [3.63, 3.8) is 0 Å². The van der Waals surface area contributed by atoms with Gasteiger partial charge in [-0.05, 0) is 62.8 Å². The van der Waals surface area contributed by atoms with Gasteiger partial charge in [-0.2, -0.15) is 0 Å². The van der Waals surface area contributed by atoms with Crippen molar-refractivity contribution in [2.75, 3.05) is 7.05 Å². The van der Waals surface area contributed by atoms with Gasteiger partial charge < -0.3 is 5.32 Å². The van der Waals surface area contributed by atoms with Crippen molar-refractivity contribution in [3.8, 4) is 0 Å². The van der Waals surface area contributed by atoms with Gasteiger partial charge in [0, 0.05) is 6.04 Å². The summed E-state index contributed by atoms with van der Waals surface area (Å²) >= 11 is 0. The Kier molecular flexibility index (Phi) is 4.90. The summed E-state index contributed by atoms with van der Waals surface area (Å²) in [4.78, 5) is 0. The van der Waals surface area contributed by atoms with Crippen molar-refractivity contribution in [3.05, 3.63) is 0 Å². The van der Waals surface area contributed by atoms with Crippen LogP contribution < -0.4 is 5.32 Å². The third-order valence-corrected chi connectivity index (χ3v) is 5.26. The Bertz CT molecular complexity index is 216. The molecule has 0 radical (unpaired) electrons. The smallest absolute Gasteiger partial charge is 0.00949 e. The highest BCUT2D eigenvalue weighted by Crippen LogP contribution is 2.41. The van der Waals surface area contributed by atoms with E-state index < -0.39 is 0 Å². The zero-order valence-corrected chi connectivity index (χ0v) is 12.0. The van der Waals surface area contributed by atoms with Crippen molar-refractivity contribution in [2.45, 2.75) is 71.3 Å². The number of hydrogen-bond acceptors (Lipinski definition) is 1. The van der Waals surface area contributed by atoms with Crippen LogP contribution in [0.3, 0.4) is 0 Å². The summed E-state index contributed by atoms with van der Waals surface area (Å²) in [5, 5.41) is 3.62. The Labute approximate surface area is 108 Å². The quantitative estimate of drug-likeness (QED) is 0.709. The largest absolute Gasteiger partial charge is 0.317 e. The predicted octanol–water partition coefficient (Wildman–Crippen LogP) is 4.23. The van der Waals surface area contributed by atoms with E-state index in [1.165, 1.54) is 51.4 Å². The lowest BCUT2D eigenvalue weighted by Crippen LogP contribution is -2.39. The molecule has 0 saturated heterocycles. The lowest BCUT2D eigenvalue weighted by molar-refractivity contribution is 0.129. The summed E-state index contributed by atoms with van der Waals surface area (Å²) in [6.07, 6.45) is 11.7. The maximum absolute atomic E-state index is 3.62. The van der Waals surface area contributed by atoms with Gasteiger partial charge in [-0.25, -0.2) is 0 Å². The lowest BCUT2D eigenvalue weighted by atomic mass is 9.68. The molecule has 0 aromatic rings. The van der Waals surface area contributed by atoms with E-state index in [1.54, 1.807) is 0 Å². The molecule has 2 aliphatic rings. The first-order valence-electron chi connectivity index (χ1n) is 7.88. The molecule has 0 amide bonds. The summed E-state index contributed by atoms with van der Waals surface area (Å²) in [6.45, 7) is 4.93. The second-order valence-electron chi connectivity index (χ2n) is 6.87. The fourth-order valence-electron chi connectivity index (χ4n) is 4.62. The molecule has 0 heterocycles. The minimum Gasteiger partial charge on any atom is -0.317 e. The highest BCUT2D eigenvalue weighted by Gasteiger charge is 2.34. The molecule has 2 fully saturated rings. The van der Waals surface area contributed by atoms with Crippen LogP contribution in [0.1, 0.15) is 65.2 Å². The standard InChI is InChI=1S/C16H31N/c1-12-9-13(2)11-14(10-12)15-7-5-4-6-8-16(15)17-3/h12-17H,4-11H2,1-3H3. The second kappa shape index (κ2) is 6.22. The fourth-order valence-corrected chi connectivity index (χ4v) is 4.62. The van der Waals surface area contributed by atoms with Crippen LogP contribution in [-0.4, -0.2) is 13.1 Å². The summed E-state index contributed by atoms with van der Waals surface area (Å²) in [5.74, 6) is 3.89. The van der Waals surface area contributed by atoms with Crippen LogP contribution in [0.5, 0.6) is 0 Å². The van der Waals surface area contributed by atoms with Crippen LogP contribution in [0, 0.1) is 23.7 Å². The Balaban J connectivity index is 2.01. The molecule has 2 aliphatic carbocycles. The summed E-state index contributed by atoms with van der Waals surface area (Å²) in [6, 6.07) is 0.806. The maximum atomic E-state index is 3.62. The normalized spacial score (nSPS) is 44.3. The molecule has 1 heteroatoms. The van der Waals surface area contributed by atoms with Gasteiger partial charge in [0.05, 0.1) is 0 Å². The Hall–Kier alpha value is -0.0400. The molecule has 0 aromatic heterocycles. The first-order chi connectivity index (χ1) is 8.20. The van der Waals surface area contributed by atoms with Crippen LogP contribution in [0.4, 0.5) is 0 Å². The maximum Gasteiger partial charge on any atom is 0.00949 e. The topological polar surface area (TPSA) is 12.0 Å². The van der Waals surface area contributed by atoms with Crippen LogP contribution in [0.15, 0.2) is 0 Å². The summed E-state index contributed by atoms with van der Waals surface area (Å²) in [7, 11) is 2.18. The van der Waals surface area contributed by atoms with E-state index in [1.807, 2.05) is 0 Å². The summed E-state index contributed by atoms with van der Waals surface area (Å²) in [5.41, 5.74) is 0. The van der Waals surface area contributed by atoms with Gasteiger partial charge in [0.2, 0.25) is 0 Å². The van der Waals surface area contributed by atoms with E-state index >= 15 is 0 Å². The first-order valence-corrected chi connectivity index (χ1v) is 7.88. The first kappa shape index (κ1) is 13.4. The van der Waals surface area contributed by atoms with Crippen molar-refractivity contribution < 1.29 is 0 Å². The van der Waals surface area contributed by atoms with E-state index in [0.29, 0.717) is 0 Å². The SMILES string of the molecule is CNC1CCCCCC1C1CC(C)CC(C)C1. The van der Waals surface area contributed by atoms with E-state index in [2.05, 4.69) is 26.2 Å². The van der Waals surface area contributed by atoms with Gasteiger partial charge in [-0.1, -0.05) is 33.1 Å². The van der Waals surface area contributed by atoms with Gasteiger partial charge in [0.25, 0.3) is 0 Å². The number of hydrogen-bond donors (Lipinski definition) is 1. The number of rotatable bonds is 2. The monoisotopic (exact) mass is 237 g/mol. The van der Waals surface area contributed by atoms with Crippen molar-refractivity contribution in [1.29, 1.82) is 0 Å². The minimum atomic E-state index is 0.806. The van der Waals surface area contributed by atoms with Gasteiger partial charge in [0.15, 0.2) is 0 Å². The summed E-state index contributed by atoms with van der Waals surface area (Å²) < 4.78 is 0. The third-order valence-electron chi connectivity index (χ3n) is 5.26. The highest BCUT2D eigenvalue weighted by atomic mass is 14.9. The molecule has 2 saturated carbocycles. The molecular formula is C16H31N. The van der Waals surface area contributed by atoms with Crippen LogP contribution in [0.25, 0.3) is 0 Å². The lowest BCUT2D eigenvalue weighted by Gasteiger charge is -2.39. The van der Waals surface area contributed by atoms with E-state index in [0.717, 1.165) is 29.7 Å². The molecule has 0 bridgehead atoms. The molecular weight excluding hydrogens is 206 g/mol. The van der Waals surface area contributed by atoms with Crippen molar-refractivity contribution in [2.24, 2.45) is 23.7 Å². The number of nitrogens with one attached hydrogen (secondary N) is 1. The Morgan fingerprint density at radius 1 is 0.824 bits per heavy atom. The predicted molar refractivity (Wildman–Crippen MR) is 75.1 cm³/mol. The van der Waals surface area contributed by atoms with Gasteiger partial charge >= 0.3 is 0 Å². The second-order valence-corrected chi connectivity index (χ2v) is 6.87. The van der Waals surface area contributed by atoms with Crippen molar-refractivity contribution >= 4 is 0 Å². The van der Waals surface area contributed by atoms with Gasteiger partial charge in [0.1, 0.15) is 0 Å². The molecule has 1 nitrogen and oxygen atoms in total.